The van der Waals surface area contributed by atoms with Crippen LogP contribution in [-0.4, -0.2) is 19.9 Å². The van der Waals surface area contributed by atoms with Gasteiger partial charge in [-0.25, -0.2) is 0 Å². The van der Waals surface area contributed by atoms with Gasteiger partial charge in [0.2, 0.25) is 0 Å². The van der Waals surface area contributed by atoms with Gasteiger partial charge in [0.05, 0.1) is 25.7 Å². The second-order valence-electron chi connectivity index (χ2n) is 3.19. The molecule has 0 bridgehead atoms. The number of rotatable bonds is 4. The zero-order valence-corrected chi connectivity index (χ0v) is 9.04. The number of ether oxygens (including phenoxy) is 2. The summed E-state index contributed by atoms with van der Waals surface area (Å²) < 4.78 is 45.6. The first-order valence-corrected chi connectivity index (χ1v) is 4.74. The van der Waals surface area contributed by atoms with E-state index in [-0.39, 0.29) is 11.3 Å². The van der Waals surface area contributed by atoms with Crippen LogP contribution < -0.4 is 9.47 Å². The molecule has 0 radical (unpaired) electrons. The van der Waals surface area contributed by atoms with E-state index in [1.807, 2.05) is 6.07 Å². The van der Waals surface area contributed by atoms with Crippen molar-refractivity contribution >= 4 is 0 Å². The largest absolute Gasteiger partial charge is 0.497 e. The maximum absolute atomic E-state index is 11.9. The molecule has 0 spiro atoms. The van der Waals surface area contributed by atoms with E-state index in [0.717, 1.165) is 0 Å². The van der Waals surface area contributed by atoms with E-state index in [9.17, 15) is 13.2 Å². The van der Waals surface area contributed by atoms with Gasteiger partial charge < -0.3 is 9.47 Å². The third-order valence-electron chi connectivity index (χ3n) is 1.95. The Morgan fingerprint density at radius 3 is 2.59 bits per heavy atom. The number of nitrogens with zero attached hydrogens (tertiary/aromatic N) is 1. The smallest absolute Gasteiger partial charge is 0.392 e. The number of benzene rings is 1. The number of nitriles is 1. The highest BCUT2D eigenvalue weighted by atomic mass is 19.4. The van der Waals surface area contributed by atoms with E-state index >= 15 is 0 Å². The van der Waals surface area contributed by atoms with Crippen LogP contribution in [0.15, 0.2) is 18.2 Å². The molecule has 1 aromatic rings. The topological polar surface area (TPSA) is 42.2 Å². The first-order valence-electron chi connectivity index (χ1n) is 4.74. The van der Waals surface area contributed by atoms with Gasteiger partial charge in [0.25, 0.3) is 0 Å². The quantitative estimate of drug-likeness (QED) is 0.819. The molecular formula is C11H10F3NO2. The molecule has 0 N–H and O–H groups in total. The van der Waals surface area contributed by atoms with E-state index in [2.05, 4.69) is 0 Å². The van der Waals surface area contributed by atoms with Crippen molar-refractivity contribution in [2.45, 2.75) is 12.6 Å². The lowest BCUT2D eigenvalue weighted by Gasteiger charge is -2.10. The van der Waals surface area contributed by atoms with Gasteiger partial charge in [-0.15, -0.1) is 0 Å². The lowest BCUT2D eigenvalue weighted by Crippen LogP contribution is -2.13. The summed E-state index contributed by atoms with van der Waals surface area (Å²) in [5.74, 6) is 0.516. The van der Waals surface area contributed by atoms with Crippen molar-refractivity contribution in [3.8, 4) is 17.6 Å². The summed E-state index contributed by atoms with van der Waals surface area (Å²) in [5, 5.41) is 8.75. The molecule has 92 valence electrons. The molecule has 0 saturated carbocycles. The molecule has 0 heterocycles. The molecule has 0 fully saturated rings. The zero-order valence-electron chi connectivity index (χ0n) is 9.04. The van der Waals surface area contributed by atoms with Crippen molar-refractivity contribution in [2.75, 3.05) is 13.7 Å². The van der Waals surface area contributed by atoms with Gasteiger partial charge in [-0.2, -0.15) is 18.4 Å². The fourth-order valence-corrected chi connectivity index (χ4v) is 1.12. The molecule has 1 aromatic carbocycles. The van der Waals surface area contributed by atoms with Crippen molar-refractivity contribution in [1.82, 2.24) is 0 Å². The lowest BCUT2D eigenvalue weighted by molar-refractivity contribution is -0.139. The number of alkyl halides is 3. The number of hydrogen-bond acceptors (Lipinski definition) is 3. The SMILES string of the molecule is COc1ccc(C#N)c(OCCC(F)(F)F)c1. The van der Waals surface area contributed by atoms with Crippen molar-refractivity contribution in [1.29, 1.82) is 5.26 Å². The van der Waals surface area contributed by atoms with Crippen molar-refractivity contribution in [3.05, 3.63) is 23.8 Å². The number of methoxy groups -OCH3 is 1. The second-order valence-corrected chi connectivity index (χ2v) is 3.19. The van der Waals surface area contributed by atoms with Gasteiger partial charge in [-0.05, 0) is 12.1 Å². The Kier molecular flexibility index (Phi) is 4.21. The van der Waals surface area contributed by atoms with Crippen LogP contribution in [0.5, 0.6) is 11.5 Å². The molecular weight excluding hydrogens is 235 g/mol. The maximum atomic E-state index is 11.9. The summed E-state index contributed by atoms with van der Waals surface area (Å²) in [4.78, 5) is 0. The standard InChI is InChI=1S/C11H10F3NO2/c1-16-9-3-2-8(7-15)10(6-9)17-5-4-11(12,13)14/h2-3,6H,4-5H2,1H3. The van der Waals surface area contributed by atoms with Crippen LogP contribution in [0.3, 0.4) is 0 Å². The second kappa shape index (κ2) is 5.43. The molecule has 1 rings (SSSR count). The highest BCUT2D eigenvalue weighted by molar-refractivity contribution is 5.47. The molecule has 0 aliphatic heterocycles. The highest BCUT2D eigenvalue weighted by Crippen LogP contribution is 2.26. The van der Waals surface area contributed by atoms with Crippen molar-refractivity contribution < 1.29 is 22.6 Å². The van der Waals surface area contributed by atoms with Crippen LogP contribution in [0, 0.1) is 11.3 Å². The van der Waals surface area contributed by atoms with E-state index in [4.69, 9.17) is 14.7 Å². The van der Waals surface area contributed by atoms with Gasteiger partial charge in [0, 0.05) is 6.07 Å². The summed E-state index contributed by atoms with van der Waals surface area (Å²) in [7, 11) is 1.42. The Morgan fingerprint density at radius 1 is 1.35 bits per heavy atom. The summed E-state index contributed by atoms with van der Waals surface area (Å²) in [6.45, 7) is -0.522. The molecule has 0 unspecified atom stereocenters. The Hall–Kier alpha value is -1.90. The van der Waals surface area contributed by atoms with Crippen molar-refractivity contribution in [2.24, 2.45) is 0 Å². The molecule has 17 heavy (non-hydrogen) atoms. The van der Waals surface area contributed by atoms with Crippen LogP contribution in [0.25, 0.3) is 0 Å². The van der Waals surface area contributed by atoms with Crippen molar-refractivity contribution in [3.63, 3.8) is 0 Å². The monoisotopic (exact) mass is 245 g/mol. The van der Waals surface area contributed by atoms with Gasteiger partial charge in [-0.1, -0.05) is 0 Å². The van der Waals surface area contributed by atoms with Gasteiger partial charge in [0.15, 0.2) is 0 Å². The first-order chi connectivity index (χ1) is 7.96. The van der Waals surface area contributed by atoms with E-state index in [1.165, 1.54) is 25.3 Å². The fourth-order valence-electron chi connectivity index (χ4n) is 1.12. The minimum Gasteiger partial charge on any atom is -0.497 e. The van der Waals surface area contributed by atoms with Crippen LogP contribution in [0.4, 0.5) is 13.2 Å². The zero-order chi connectivity index (χ0) is 12.9. The summed E-state index contributed by atoms with van der Waals surface area (Å²) in [6.07, 6.45) is -5.33. The molecule has 3 nitrogen and oxygen atoms in total. The minimum absolute atomic E-state index is 0.0936. The molecule has 0 aliphatic rings. The normalized spacial score (nSPS) is 10.8. The van der Waals surface area contributed by atoms with E-state index < -0.39 is 19.2 Å². The lowest BCUT2D eigenvalue weighted by atomic mass is 10.2. The van der Waals surface area contributed by atoms with Crippen LogP contribution in [0.1, 0.15) is 12.0 Å². The molecule has 0 aromatic heterocycles. The third kappa shape index (κ3) is 4.23. The number of hydrogen-bond donors (Lipinski definition) is 0. The van der Waals surface area contributed by atoms with E-state index in [1.54, 1.807) is 0 Å². The average Bonchev–Trinajstić information content (AvgIpc) is 2.27. The predicted molar refractivity (Wildman–Crippen MR) is 53.9 cm³/mol. The Morgan fingerprint density at radius 2 is 2.06 bits per heavy atom. The molecule has 0 atom stereocenters. The third-order valence-corrected chi connectivity index (χ3v) is 1.95. The summed E-state index contributed by atoms with van der Waals surface area (Å²) in [6, 6.07) is 6.19. The Labute approximate surface area is 96.4 Å². The predicted octanol–water partition coefficient (Wildman–Crippen LogP) is 2.90. The summed E-state index contributed by atoms with van der Waals surface area (Å²) >= 11 is 0. The van der Waals surface area contributed by atoms with Gasteiger partial charge >= 0.3 is 6.18 Å². The van der Waals surface area contributed by atoms with Gasteiger partial charge in [0.1, 0.15) is 17.6 Å². The van der Waals surface area contributed by atoms with Gasteiger partial charge in [-0.3, -0.25) is 0 Å². The molecule has 6 heteroatoms. The Bertz CT molecular complexity index is 424. The fraction of sp³-hybridized carbons (Fsp3) is 0.364. The molecule has 0 aliphatic carbocycles. The Balaban J connectivity index is 2.72. The number of halogens is 3. The summed E-state index contributed by atoms with van der Waals surface area (Å²) in [5.41, 5.74) is 0.174. The maximum Gasteiger partial charge on any atom is 0.392 e. The van der Waals surface area contributed by atoms with Crippen LogP contribution in [0.2, 0.25) is 0 Å². The molecule has 0 amide bonds. The van der Waals surface area contributed by atoms with E-state index in [0.29, 0.717) is 5.75 Å². The minimum atomic E-state index is -4.27. The van der Waals surface area contributed by atoms with Crippen LogP contribution in [-0.2, 0) is 0 Å². The van der Waals surface area contributed by atoms with Crippen LogP contribution >= 0.6 is 0 Å². The highest BCUT2D eigenvalue weighted by Gasteiger charge is 2.27. The molecule has 0 saturated heterocycles. The first kappa shape index (κ1) is 13.2. The average molecular weight is 245 g/mol.